The Morgan fingerprint density at radius 2 is 2.03 bits per heavy atom. The zero-order valence-electron chi connectivity index (χ0n) is 20.6. The van der Waals surface area contributed by atoms with E-state index in [9.17, 15) is 9.18 Å². The largest absolute Gasteiger partial charge is 0.460 e. The van der Waals surface area contributed by atoms with Gasteiger partial charge in [0.15, 0.2) is 5.16 Å². The number of fused-ring (bicyclic) bond motifs is 2. The third-order valence-electron chi connectivity index (χ3n) is 6.20. The van der Waals surface area contributed by atoms with E-state index in [0.717, 1.165) is 33.7 Å². The number of hydrogen-bond donors (Lipinski definition) is 0. The molecule has 1 aliphatic rings. The first-order valence-electron chi connectivity index (χ1n) is 12.2. The van der Waals surface area contributed by atoms with Crippen LogP contribution in [0.5, 0.6) is 5.75 Å². The number of nitrogens with zero attached hydrogens (tertiary/aromatic N) is 2. The Labute approximate surface area is 218 Å². The number of hydrogen-bond acceptors (Lipinski definition) is 6. The maximum atomic E-state index is 14.5. The molecule has 0 saturated heterocycles. The van der Waals surface area contributed by atoms with E-state index in [2.05, 4.69) is 20.8 Å². The second-order valence-corrected chi connectivity index (χ2v) is 11.4. The maximum absolute atomic E-state index is 14.5. The Morgan fingerprint density at radius 1 is 1.22 bits per heavy atom. The summed E-state index contributed by atoms with van der Waals surface area (Å²) in [5.41, 5.74) is 2.31. The van der Waals surface area contributed by atoms with Crippen molar-refractivity contribution in [2.45, 2.75) is 64.0 Å². The summed E-state index contributed by atoms with van der Waals surface area (Å²) < 4.78 is 28.4. The van der Waals surface area contributed by atoms with Crippen LogP contribution in [0.1, 0.15) is 55.0 Å². The summed E-state index contributed by atoms with van der Waals surface area (Å²) in [7, 11) is 0. The molecule has 36 heavy (non-hydrogen) atoms. The van der Waals surface area contributed by atoms with Gasteiger partial charge in [-0.1, -0.05) is 62.9 Å². The lowest BCUT2D eigenvalue weighted by Gasteiger charge is -2.28. The average molecular weight is 525 g/mol. The van der Waals surface area contributed by atoms with Crippen LogP contribution in [0.2, 0.25) is 0 Å². The quantitative estimate of drug-likeness (QED) is 0.182. The highest BCUT2D eigenvalue weighted by Gasteiger charge is 2.25. The molecular formula is C28H29FN2O3S2. The SMILES string of the molecule is CCc1cc2c(=O)n(CCC(C)C)c(SCc3cc(F)cc4c3O[C@H](c3ccccc3)OC4)nc2s1. The third-order valence-corrected chi connectivity index (χ3v) is 8.40. The molecule has 1 atom stereocenters. The highest BCUT2D eigenvalue weighted by atomic mass is 32.2. The van der Waals surface area contributed by atoms with Gasteiger partial charge in [-0.05, 0) is 37.0 Å². The molecule has 4 aromatic rings. The molecule has 0 aliphatic carbocycles. The Morgan fingerprint density at radius 3 is 2.78 bits per heavy atom. The van der Waals surface area contributed by atoms with Crippen LogP contribution in [0.15, 0.2) is 58.5 Å². The third kappa shape index (κ3) is 5.21. The van der Waals surface area contributed by atoms with E-state index in [1.807, 2.05) is 36.4 Å². The van der Waals surface area contributed by atoms with Gasteiger partial charge >= 0.3 is 0 Å². The predicted octanol–water partition coefficient (Wildman–Crippen LogP) is 7.11. The number of thioether (sulfide) groups is 1. The van der Waals surface area contributed by atoms with Crippen molar-refractivity contribution in [2.24, 2.45) is 5.92 Å². The van der Waals surface area contributed by atoms with E-state index in [1.165, 1.54) is 23.9 Å². The molecule has 8 heteroatoms. The van der Waals surface area contributed by atoms with Gasteiger partial charge in [0.1, 0.15) is 16.4 Å². The first-order valence-corrected chi connectivity index (χ1v) is 14.0. The van der Waals surface area contributed by atoms with Crippen LogP contribution in [0.25, 0.3) is 10.2 Å². The molecule has 5 rings (SSSR count). The number of aromatic nitrogens is 2. The van der Waals surface area contributed by atoms with Crippen LogP contribution in [-0.4, -0.2) is 9.55 Å². The number of aryl methyl sites for hydroxylation is 1. The minimum absolute atomic E-state index is 0.00540. The van der Waals surface area contributed by atoms with Crippen molar-refractivity contribution in [3.05, 3.63) is 86.3 Å². The molecule has 5 nitrogen and oxygen atoms in total. The monoisotopic (exact) mass is 524 g/mol. The Kier molecular flexibility index (Phi) is 7.46. The zero-order valence-corrected chi connectivity index (χ0v) is 22.3. The van der Waals surface area contributed by atoms with E-state index in [1.54, 1.807) is 15.9 Å². The van der Waals surface area contributed by atoms with Gasteiger partial charge in [0.05, 0.1) is 12.0 Å². The molecule has 2 aromatic carbocycles. The summed E-state index contributed by atoms with van der Waals surface area (Å²) >= 11 is 3.01. The van der Waals surface area contributed by atoms with Crippen LogP contribution in [0.4, 0.5) is 4.39 Å². The van der Waals surface area contributed by atoms with E-state index < -0.39 is 6.29 Å². The normalized spacial score (nSPS) is 15.3. The summed E-state index contributed by atoms with van der Waals surface area (Å²) in [5, 5.41) is 1.33. The number of benzene rings is 2. The van der Waals surface area contributed by atoms with Crippen molar-refractivity contribution in [1.29, 1.82) is 0 Å². The maximum Gasteiger partial charge on any atom is 0.262 e. The van der Waals surface area contributed by atoms with Crippen molar-refractivity contribution in [3.63, 3.8) is 0 Å². The van der Waals surface area contributed by atoms with Gasteiger partial charge in [-0.15, -0.1) is 11.3 Å². The second kappa shape index (κ2) is 10.7. The van der Waals surface area contributed by atoms with Crippen molar-refractivity contribution in [3.8, 4) is 5.75 Å². The summed E-state index contributed by atoms with van der Waals surface area (Å²) in [4.78, 5) is 20.2. The molecular weight excluding hydrogens is 495 g/mol. The standard InChI is InChI=1S/C28H29FN2O3S2/c1-4-22-14-23-25(36-22)30-28(31(26(23)32)11-10-17(2)3)35-16-20-13-21(29)12-19-15-33-27(34-24(19)20)18-8-6-5-7-9-18/h5-9,12-14,17,27H,4,10-11,15-16H2,1-3H3/t27-/m1/s1. The second-order valence-electron chi connectivity index (χ2n) is 9.33. The van der Waals surface area contributed by atoms with E-state index in [0.29, 0.717) is 40.1 Å². The van der Waals surface area contributed by atoms with Crippen LogP contribution < -0.4 is 10.3 Å². The highest BCUT2D eigenvalue weighted by molar-refractivity contribution is 7.98. The molecule has 0 spiro atoms. The van der Waals surface area contributed by atoms with Gasteiger partial charge in [0.25, 0.3) is 5.56 Å². The number of halogens is 1. The molecule has 0 amide bonds. The van der Waals surface area contributed by atoms with Crippen molar-refractivity contribution < 1.29 is 13.9 Å². The van der Waals surface area contributed by atoms with Gasteiger partial charge in [0.2, 0.25) is 6.29 Å². The van der Waals surface area contributed by atoms with Gasteiger partial charge in [-0.25, -0.2) is 9.37 Å². The molecule has 188 valence electrons. The predicted molar refractivity (Wildman–Crippen MR) is 143 cm³/mol. The summed E-state index contributed by atoms with van der Waals surface area (Å²) in [6.45, 7) is 7.23. The number of rotatable bonds is 8. The minimum Gasteiger partial charge on any atom is -0.460 e. The van der Waals surface area contributed by atoms with Crippen LogP contribution in [-0.2, 0) is 30.1 Å². The summed E-state index contributed by atoms with van der Waals surface area (Å²) in [6, 6.07) is 14.7. The molecule has 0 unspecified atom stereocenters. The van der Waals surface area contributed by atoms with E-state index in [-0.39, 0.29) is 18.0 Å². The van der Waals surface area contributed by atoms with Crippen molar-refractivity contribution in [1.82, 2.24) is 9.55 Å². The lowest BCUT2D eigenvalue weighted by atomic mass is 10.1. The molecule has 1 aliphatic heterocycles. The molecule has 2 aromatic heterocycles. The Balaban J connectivity index is 1.47. The average Bonchev–Trinajstić information content (AvgIpc) is 3.30. The molecule has 0 radical (unpaired) electrons. The first kappa shape index (κ1) is 25.0. The van der Waals surface area contributed by atoms with Crippen LogP contribution in [0.3, 0.4) is 0 Å². The Hall–Kier alpha value is -2.68. The fourth-order valence-electron chi connectivity index (χ4n) is 4.22. The van der Waals surface area contributed by atoms with Gasteiger partial charge < -0.3 is 9.47 Å². The number of ether oxygens (including phenoxy) is 2. The molecule has 0 bridgehead atoms. The smallest absolute Gasteiger partial charge is 0.262 e. The van der Waals surface area contributed by atoms with E-state index in [4.69, 9.17) is 14.5 Å². The van der Waals surface area contributed by atoms with Crippen LogP contribution in [0, 0.1) is 11.7 Å². The number of thiophene rings is 1. The van der Waals surface area contributed by atoms with E-state index >= 15 is 0 Å². The first-order chi connectivity index (χ1) is 17.4. The van der Waals surface area contributed by atoms with Gasteiger partial charge in [-0.2, -0.15) is 0 Å². The van der Waals surface area contributed by atoms with Crippen molar-refractivity contribution in [2.75, 3.05) is 0 Å². The fourth-order valence-corrected chi connectivity index (χ4v) is 6.22. The van der Waals surface area contributed by atoms with Crippen molar-refractivity contribution >= 4 is 33.3 Å². The minimum atomic E-state index is -0.551. The molecule has 0 fully saturated rings. The molecule has 3 heterocycles. The topological polar surface area (TPSA) is 53.4 Å². The lowest BCUT2D eigenvalue weighted by Crippen LogP contribution is -2.23. The summed E-state index contributed by atoms with van der Waals surface area (Å²) in [5.74, 6) is 1.19. The molecule has 0 saturated carbocycles. The van der Waals surface area contributed by atoms with Gasteiger partial charge in [-0.3, -0.25) is 9.36 Å². The zero-order chi connectivity index (χ0) is 25.2. The lowest BCUT2D eigenvalue weighted by molar-refractivity contribution is -0.112. The van der Waals surface area contributed by atoms with Crippen LogP contribution >= 0.6 is 23.1 Å². The molecule has 0 N–H and O–H groups in total. The fraction of sp³-hybridized carbons (Fsp3) is 0.357. The summed E-state index contributed by atoms with van der Waals surface area (Å²) in [6.07, 6.45) is 1.19. The van der Waals surface area contributed by atoms with Gasteiger partial charge in [0, 0.05) is 33.9 Å². The Bertz CT molecular complexity index is 1430. The highest BCUT2D eigenvalue weighted by Crippen LogP contribution is 2.39.